The van der Waals surface area contributed by atoms with E-state index in [0.29, 0.717) is 88.5 Å². The molecule has 3 aromatic carbocycles. The number of ether oxygens (including phenoxy) is 3. The second-order valence-electron chi connectivity index (χ2n) is 29.3. The maximum Gasteiger partial charge on any atom is 0.251 e. The average Bonchev–Trinajstić information content (AvgIpc) is 1.66. The molecule has 0 radical (unpaired) electrons. The van der Waals surface area contributed by atoms with E-state index in [0.717, 1.165) is 38.5 Å². The van der Waals surface area contributed by atoms with E-state index < -0.39 is 101 Å². The number of nitriles is 2. The number of halogens is 6. The number of fused-ring (bicyclic) bond motifs is 3. The van der Waals surface area contributed by atoms with Crippen molar-refractivity contribution >= 4 is 91.0 Å². The predicted molar refractivity (Wildman–Crippen MR) is 376 cm³/mol. The number of hydrogen-bond donors (Lipinski definition) is 7. The first kappa shape index (κ1) is 78.7. The first-order valence-electron chi connectivity index (χ1n) is 36.3. The monoisotopic (exact) mass is 1470 g/mol. The fourth-order valence-electron chi connectivity index (χ4n) is 15.0. The third-order valence-corrected chi connectivity index (χ3v) is 21.6. The van der Waals surface area contributed by atoms with E-state index in [1.807, 2.05) is 12.1 Å². The molecule has 6 aliphatic carbocycles. The van der Waals surface area contributed by atoms with Gasteiger partial charge >= 0.3 is 0 Å². The molecule has 0 spiro atoms. The molecule has 6 saturated carbocycles. The van der Waals surface area contributed by atoms with Crippen molar-refractivity contribution in [2.24, 2.45) is 59.0 Å². The Bertz CT molecular complexity index is 4200. The summed E-state index contributed by atoms with van der Waals surface area (Å²) in [5.41, 5.74) is 8.28. The van der Waals surface area contributed by atoms with Crippen LogP contribution in [0.4, 0.5) is 26.3 Å². The number of hydrogen-bond acceptors (Lipinski definition) is 15. The van der Waals surface area contributed by atoms with Crippen LogP contribution in [0.25, 0.3) is 32.7 Å². The minimum Gasteiger partial charge on any atom is -0.496 e. The molecule has 0 bridgehead atoms. The van der Waals surface area contributed by atoms with E-state index in [2.05, 4.69) is 30.9 Å². The van der Waals surface area contributed by atoms with Crippen molar-refractivity contribution < 1.29 is 88.5 Å². The third kappa shape index (κ3) is 20.0. The number of aromatic nitrogens is 3. The summed E-state index contributed by atoms with van der Waals surface area (Å²) in [5.74, 6) is -17.5. The summed E-state index contributed by atoms with van der Waals surface area (Å²) >= 11 is 0. The predicted octanol–water partition coefficient (Wildman–Crippen LogP) is 12.7. The molecular weight excluding hydrogens is 1380 g/mol. The van der Waals surface area contributed by atoms with Crippen LogP contribution in [0.5, 0.6) is 17.2 Å². The van der Waals surface area contributed by atoms with Crippen LogP contribution >= 0.6 is 0 Å². The first-order valence-corrected chi connectivity index (χ1v) is 36.3. The van der Waals surface area contributed by atoms with Crippen molar-refractivity contribution in [2.75, 3.05) is 21.3 Å². The lowest BCUT2D eigenvalue weighted by Crippen LogP contribution is -2.48. The number of aromatic amines is 3. The van der Waals surface area contributed by atoms with Gasteiger partial charge in [0.05, 0.1) is 50.5 Å². The molecule has 3 aromatic heterocycles. The van der Waals surface area contributed by atoms with Gasteiger partial charge in [0, 0.05) is 144 Å². The highest BCUT2D eigenvalue weighted by molar-refractivity contribution is 6.05. The van der Waals surface area contributed by atoms with Gasteiger partial charge in [0.15, 0.2) is 17.3 Å². The lowest BCUT2D eigenvalue weighted by molar-refractivity contribution is -0.132. The smallest absolute Gasteiger partial charge is 0.251 e. The number of amides is 4. The fourth-order valence-corrected chi connectivity index (χ4v) is 15.0. The topological polar surface area (TPSA) is 355 Å². The first-order chi connectivity index (χ1) is 50.5. The van der Waals surface area contributed by atoms with E-state index in [1.54, 1.807) is 72.8 Å². The molecular formula is C78H89F6N9O13. The number of primary amides is 1. The van der Waals surface area contributed by atoms with Crippen molar-refractivity contribution in [3.63, 3.8) is 0 Å². The number of rotatable bonds is 31. The summed E-state index contributed by atoms with van der Waals surface area (Å²) in [4.78, 5) is 136. The van der Waals surface area contributed by atoms with Crippen molar-refractivity contribution in [3.05, 3.63) is 89.9 Å². The number of Topliss-reactive ketones (excluding diaryl/α,β-unsaturated/α-hetero) is 6. The van der Waals surface area contributed by atoms with Crippen LogP contribution < -0.4 is 35.9 Å². The maximum absolute atomic E-state index is 13.7. The van der Waals surface area contributed by atoms with Gasteiger partial charge in [-0.2, -0.15) is 10.5 Å². The largest absolute Gasteiger partial charge is 0.496 e. The third-order valence-electron chi connectivity index (χ3n) is 21.6. The van der Waals surface area contributed by atoms with Crippen molar-refractivity contribution in [3.8, 4) is 29.4 Å². The molecule has 6 aromatic rings. The minimum absolute atomic E-state index is 0.0281. The van der Waals surface area contributed by atoms with Gasteiger partial charge in [0.25, 0.3) is 17.8 Å². The molecule has 0 saturated heterocycles. The van der Waals surface area contributed by atoms with Gasteiger partial charge in [-0.1, -0.05) is 37.5 Å². The number of H-pyrrole nitrogens is 3. The average molecular weight is 1470 g/mol. The van der Waals surface area contributed by atoms with Gasteiger partial charge < -0.3 is 50.8 Å². The summed E-state index contributed by atoms with van der Waals surface area (Å²) in [7, 11) is 4.55. The van der Waals surface area contributed by atoms with Crippen LogP contribution in [-0.4, -0.2) is 131 Å². The van der Waals surface area contributed by atoms with Crippen LogP contribution in [0.1, 0.15) is 186 Å². The highest BCUT2D eigenvalue weighted by Gasteiger charge is 2.59. The van der Waals surface area contributed by atoms with Gasteiger partial charge in [0.2, 0.25) is 23.6 Å². The van der Waals surface area contributed by atoms with Gasteiger partial charge in [-0.15, -0.1) is 0 Å². The number of ketones is 6. The quantitative estimate of drug-likeness (QED) is 0.0157. The van der Waals surface area contributed by atoms with Crippen molar-refractivity contribution in [1.82, 2.24) is 30.9 Å². The Morgan fingerprint density at radius 2 is 0.764 bits per heavy atom. The molecule has 28 heteroatoms. The molecule has 22 nitrogen and oxygen atoms in total. The molecule has 6 aliphatic rings. The Kier molecular flexibility index (Phi) is 25.4. The highest BCUT2D eigenvalue weighted by atomic mass is 19.3. The molecule has 3 heterocycles. The van der Waals surface area contributed by atoms with Crippen LogP contribution in [0.15, 0.2) is 72.8 Å². The van der Waals surface area contributed by atoms with Crippen LogP contribution in [0.2, 0.25) is 0 Å². The number of nitrogens with two attached hydrogens (primary N) is 1. The number of benzene rings is 3. The van der Waals surface area contributed by atoms with E-state index in [1.165, 1.54) is 21.3 Å². The lowest BCUT2D eigenvalue weighted by Gasteiger charge is -2.26. The highest BCUT2D eigenvalue weighted by Crippen LogP contribution is 2.54. The molecule has 566 valence electrons. The zero-order valence-corrected chi connectivity index (χ0v) is 59.4. The Morgan fingerprint density at radius 1 is 0.472 bits per heavy atom. The molecule has 4 amide bonds. The Balaban J connectivity index is 0.000000170. The number of carbonyl (C=O) groups is 10. The van der Waals surface area contributed by atoms with Crippen LogP contribution in [0.3, 0.4) is 0 Å². The molecule has 12 rings (SSSR count). The van der Waals surface area contributed by atoms with E-state index >= 15 is 0 Å². The summed E-state index contributed by atoms with van der Waals surface area (Å²) in [6, 6.07) is 21.9. The van der Waals surface area contributed by atoms with Gasteiger partial charge in [-0.3, -0.25) is 47.9 Å². The van der Waals surface area contributed by atoms with Gasteiger partial charge in [0.1, 0.15) is 52.7 Å². The number of alkyl halides is 6. The molecule has 12 atom stereocenters. The zero-order valence-electron chi connectivity index (χ0n) is 59.4. The second-order valence-corrected chi connectivity index (χ2v) is 29.3. The molecule has 106 heavy (non-hydrogen) atoms. The van der Waals surface area contributed by atoms with Crippen LogP contribution in [-0.2, 0) is 33.6 Å². The molecule has 0 aliphatic heterocycles. The normalized spacial score (nSPS) is 22.7. The van der Waals surface area contributed by atoms with Crippen LogP contribution in [0, 0.1) is 75.9 Å². The van der Waals surface area contributed by atoms with E-state index in [4.69, 9.17) is 19.9 Å². The number of methoxy groups -OCH3 is 3. The molecule has 3 unspecified atom stereocenters. The summed E-state index contributed by atoms with van der Waals surface area (Å²) in [5, 5.41) is 29.0. The number of nitrogens with one attached hydrogen (secondary N) is 6. The zero-order chi connectivity index (χ0) is 76.4. The van der Waals surface area contributed by atoms with Crippen molar-refractivity contribution in [1.29, 1.82) is 10.5 Å². The Morgan fingerprint density at radius 3 is 1.03 bits per heavy atom. The fraction of sp³-hybridized carbons (Fsp3) is 0.538. The van der Waals surface area contributed by atoms with E-state index in [-0.39, 0.29) is 141 Å². The van der Waals surface area contributed by atoms with E-state index in [9.17, 15) is 84.8 Å². The van der Waals surface area contributed by atoms with Crippen molar-refractivity contribution in [2.45, 2.75) is 190 Å². The second kappa shape index (κ2) is 34.1. The number of nitrogens with zero attached hydrogens (tertiary/aromatic N) is 2. The van der Waals surface area contributed by atoms with Gasteiger partial charge in [-0.25, -0.2) is 26.3 Å². The number of carbonyl (C=O) groups excluding carboxylic acids is 10. The minimum atomic E-state index is -2.87. The summed E-state index contributed by atoms with van der Waals surface area (Å²) in [6.45, 7) is 0. The maximum atomic E-state index is 13.7. The van der Waals surface area contributed by atoms with Gasteiger partial charge in [-0.05, 0) is 132 Å². The Labute approximate surface area is 608 Å². The Hall–Kier alpha value is -9.86. The summed E-state index contributed by atoms with van der Waals surface area (Å²) < 4.78 is 98.0. The standard InChI is InChI=1S/C26H31F2N3O5.2C26H29F2N3O4/c1-36-23-8-4-6-18-17(23)12-19(30-18)22(33)11-15(9-16-13-26(16,27)28)25(35)31-20(24(29)34)10-14-5-2-3-7-21(14)32;2*1-35-24-8-4-6-20-19(24)12-21(31-20)23(33)11-16(9-17-13-26(17,27)28)25(34)30-18(14-29)10-15-5-2-3-7-22(15)32/h4,6,8,12,14-16,20,30H,2-3,5,7,9-11,13H2,1H3,(H2,29,34)(H,31,35);2*4,6,8,12,15-18,31H,2-3,5,7,9-11,13H2,1H3,(H,30,34)/t14-,15+,16?,20-;2*15-,16+,17?,18-/m000/s1. The SMILES string of the molecule is COc1cccc2[nH]c(C(=O)C[C@@H](CC3CC3(F)F)C(=O)N[C@@H](C[C@@H]3CCCCC3=O)C(N)=O)cc12.COc1cccc2[nH]c(C(=O)C[C@@H](CC3CC3(F)F)C(=O)N[C@H](C#N)C[C@@H]3CCCCC3=O)cc12.COc1cccc2[nH]c(C(=O)C[C@@H](CC3CC3(F)F)C(=O)N[C@H](C#N)C[C@@H]3CCCCC3=O)cc12. The summed E-state index contributed by atoms with van der Waals surface area (Å²) in [6.07, 6.45) is 6.58. The molecule has 8 N–H and O–H groups in total. The molecule has 6 fully saturated rings. The lowest BCUT2D eigenvalue weighted by atomic mass is 9.83.